The van der Waals surface area contributed by atoms with Gasteiger partial charge in [0.05, 0.1) is 11.6 Å². The molecule has 1 unspecified atom stereocenters. The monoisotopic (exact) mass is 505 g/mol. The number of aryl methyl sites for hydroxylation is 1. The van der Waals surface area contributed by atoms with Gasteiger partial charge in [-0.15, -0.1) is 0 Å². The molecule has 1 aliphatic heterocycles. The lowest BCUT2D eigenvalue weighted by Gasteiger charge is -2.08. The number of Topliss-reactive ketones (excluding diaryl/α,β-unsaturated/α-hetero) is 1. The highest BCUT2D eigenvalue weighted by Crippen LogP contribution is 2.26. The van der Waals surface area contributed by atoms with Gasteiger partial charge in [-0.05, 0) is 42.3 Å². The number of nitrogens with one attached hydrogen (secondary N) is 1. The van der Waals surface area contributed by atoms with Crippen LogP contribution in [0.4, 0.5) is 5.69 Å². The molecule has 7 heteroatoms. The molecule has 2 heterocycles. The first-order valence-corrected chi connectivity index (χ1v) is 9.63. The van der Waals surface area contributed by atoms with E-state index >= 15 is 0 Å². The summed E-state index contributed by atoms with van der Waals surface area (Å²) in [5.41, 5.74) is 9.10. The number of nitrogens with zero attached hydrogens (tertiary/aromatic N) is 1. The maximum absolute atomic E-state index is 12.9. The number of halogens is 1. The maximum Gasteiger partial charge on any atom is 0.262 e. The van der Waals surface area contributed by atoms with Crippen LogP contribution in [0.5, 0.6) is 0 Å². The highest BCUT2D eigenvalue weighted by atomic mass is 127. The summed E-state index contributed by atoms with van der Waals surface area (Å²) >= 11 is 1.63. The summed E-state index contributed by atoms with van der Waals surface area (Å²) in [6, 6.07) is 13.0. The summed E-state index contributed by atoms with van der Waals surface area (Å²) in [5, 5.41) is 3.82. The molecule has 0 spiro atoms. The van der Waals surface area contributed by atoms with Crippen molar-refractivity contribution < 1.29 is 38.1 Å². The zero-order chi connectivity index (χ0) is 19.0. The highest BCUT2D eigenvalue weighted by molar-refractivity contribution is 7.19. The normalized spacial score (nSPS) is 16.3. The van der Waals surface area contributed by atoms with Crippen LogP contribution in [0.2, 0.25) is 0 Å². The van der Waals surface area contributed by atoms with E-state index in [2.05, 4.69) is 5.32 Å². The number of anilines is 1. The first-order valence-electron chi connectivity index (χ1n) is 8.81. The highest BCUT2D eigenvalue weighted by Gasteiger charge is 2.32. The third kappa shape index (κ3) is 3.95. The van der Waals surface area contributed by atoms with E-state index in [9.17, 15) is 9.59 Å². The van der Waals surface area contributed by atoms with Gasteiger partial charge in [0.15, 0.2) is 5.78 Å². The summed E-state index contributed by atoms with van der Waals surface area (Å²) in [4.78, 5) is 24.4. The summed E-state index contributed by atoms with van der Waals surface area (Å²) < 4.78 is 3.09. The minimum atomic E-state index is -0.420. The predicted octanol–water partition coefficient (Wildman–Crippen LogP) is -0.0563. The van der Waals surface area contributed by atoms with Crippen molar-refractivity contribution in [1.29, 1.82) is 0 Å². The Labute approximate surface area is 184 Å². The number of amides is 1. The molecule has 28 heavy (non-hydrogen) atoms. The fourth-order valence-corrected chi connectivity index (χ4v) is 4.44. The van der Waals surface area contributed by atoms with E-state index in [-0.39, 0.29) is 35.7 Å². The number of nitrogen functional groups attached to an aromatic ring is 1. The molecular weight excluding hydrogens is 485 g/mol. The van der Waals surface area contributed by atoms with Crippen LogP contribution in [0.15, 0.2) is 42.5 Å². The smallest absolute Gasteiger partial charge is 0.262 e. The molecule has 3 aromatic rings. The molecule has 144 valence electrons. The van der Waals surface area contributed by atoms with E-state index in [1.807, 2.05) is 66.2 Å². The van der Waals surface area contributed by atoms with Crippen LogP contribution in [0.3, 0.4) is 0 Å². The quantitative estimate of drug-likeness (QED) is 0.226. The van der Waals surface area contributed by atoms with Gasteiger partial charge in [-0.25, -0.2) is 0 Å². The molecule has 0 aliphatic carbocycles. The zero-order valence-corrected chi connectivity index (χ0v) is 18.3. The number of ketones is 1. The van der Waals surface area contributed by atoms with Crippen LogP contribution in [-0.2, 0) is 11.8 Å². The standard InChI is InChI=1S/C21H19N3O2S.HI/c1-24-19(12-7-13-5-8-14(22)9-6-13)27-17-4-2-3-15(20(17)24)21(26)16-10-11-18(25)23-16;/h2-9,12,16,22H,10-11H2,1H3,(H,23,25);1H. The molecule has 4 rings (SSSR count). The van der Waals surface area contributed by atoms with Gasteiger partial charge in [-0.3, -0.25) is 9.59 Å². The molecular formula is C21H20IN3O2S. The van der Waals surface area contributed by atoms with Crippen LogP contribution < -0.4 is 39.6 Å². The second-order valence-electron chi connectivity index (χ2n) is 6.67. The topological polar surface area (TPSA) is 76.1 Å². The first kappa shape index (κ1) is 20.5. The van der Waals surface area contributed by atoms with Crippen LogP contribution >= 0.6 is 11.3 Å². The summed E-state index contributed by atoms with van der Waals surface area (Å²) in [5.74, 6) is -0.0729. The van der Waals surface area contributed by atoms with Gasteiger partial charge >= 0.3 is 0 Å². The second-order valence-corrected chi connectivity index (χ2v) is 7.74. The molecule has 1 fully saturated rings. The Morgan fingerprint density at radius 2 is 1.96 bits per heavy atom. The van der Waals surface area contributed by atoms with Gasteiger partial charge in [0.25, 0.3) is 5.01 Å². The maximum atomic E-state index is 12.9. The molecule has 1 atom stereocenters. The lowest BCUT2D eigenvalue weighted by Crippen LogP contribution is -3.00. The second kappa shape index (κ2) is 8.40. The number of nitrogens with two attached hydrogens (primary N) is 1. The van der Waals surface area contributed by atoms with Gasteiger partial charge in [0.1, 0.15) is 11.7 Å². The van der Waals surface area contributed by atoms with Crippen molar-refractivity contribution in [3.05, 3.63) is 58.6 Å². The molecule has 2 aromatic carbocycles. The number of aromatic nitrogens is 1. The molecule has 1 aromatic heterocycles. The van der Waals surface area contributed by atoms with Crippen molar-refractivity contribution in [3.8, 4) is 0 Å². The average Bonchev–Trinajstić information content (AvgIpc) is 3.24. The minimum Gasteiger partial charge on any atom is -1.00 e. The van der Waals surface area contributed by atoms with Gasteiger partial charge in [0.2, 0.25) is 11.4 Å². The van der Waals surface area contributed by atoms with E-state index in [0.29, 0.717) is 18.4 Å². The van der Waals surface area contributed by atoms with Crippen LogP contribution in [0, 0.1) is 0 Å². The Bertz CT molecular complexity index is 1070. The Morgan fingerprint density at radius 3 is 2.64 bits per heavy atom. The number of hydrogen-bond donors (Lipinski definition) is 2. The van der Waals surface area contributed by atoms with Crippen molar-refractivity contribution in [2.45, 2.75) is 18.9 Å². The lowest BCUT2D eigenvalue weighted by atomic mass is 10.0. The van der Waals surface area contributed by atoms with Crippen molar-refractivity contribution in [3.63, 3.8) is 0 Å². The van der Waals surface area contributed by atoms with Crippen molar-refractivity contribution >= 4 is 51.1 Å². The number of fused-ring (bicyclic) bond motifs is 1. The SMILES string of the molecule is C[n+]1c(C=Cc2ccc(N)cc2)sc2cccc(C(=O)C3CCC(=O)N3)c21.[I-]. The van der Waals surface area contributed by atoms with E-state index in [4.69, 9.17) is 5.73 Å². The molecule has 1 amide bonds. The third-order valence-electron chi connectivity index (χ3n) is 4.81. The van der Waals surface area contributed by atoms with E-state index in [0.717, 1.165) is 26.5 Å². The van der Waals surface area contributed by atoms with E-state index in [1.165, 1.54) is 0 Å². The third-order valence-corrected chi connectivity index (χ3v) is 5.98. The fraction of sp³-hybridized carbons (Fsp3) is 0.190. The lowest BCUT2D eigenvalue weighted by molar-refractivity contribution is -0.642. The van der Waals surface area contributed by atoms with Crippen molar-refractivity contribution in [2.24, 2.45) is 7.05 Å². The number of thiazole rings is 1. The summed E-state index contributed by atoms with van der Waals surface area (Å²) in [7, 11) is 1.96. The van der Waals surface area contributed by atoms with Crippen LogP contribution in [0.25, 0.3) is 22.4 Å². The molecule has 0 radical (unpaired) electrons. The average molecular weight is 505 g/mol. The number of benzene rings is 2. The van der Waals surface area contributed by atoms with Gasteiger partial charge in [0, 0.05) is 18.2 Å². The Balaban J connectivity index is 0.00000225. The number of rotatable bonds is 4. The molecule has 1 aliphatic rings. The molecule has 1 saturated heterocycles. The number of para-hydroxylation sites is 1. The van der Waals surface area contributed by atoms with E-state index in [1.54, 1.807) is 11.3 Å². The minimum absolute atomic E-state index is 0. The number of carbonyl (C=O) groups is 2. The number of carbonyl (C=O) groups excluding carboxylic acids is 2. The van der Waals surface area contributed by atoms with Gasteiger partial charge in [-0.2, -0.15) is 4.57 Å². The largest absolute Gasteiger partial charge is 1.00 e. The van der Waals surface area contributed by atoms with Crippen molar-refractivity contribution in [2.75, 3.05) is 5.73 Å². The predicted molar refractivity (Wildman–Crippen MR) is 108 cm³/mol. The molecule has 5 nitrogen and oxygen atoms in total. The van der Waals surface area contributed by atoms with Gasteiger partial charge in [-0.1, -0.05) is 29.5 Å². The summed E-state index contributed by atoms with van der Waals surface area (Å²) in [6.07, 6.45) is 5.05. The zero-order valence-electron chi connectivity index (χ0n) is 15.3. The van der Waals surface area contributed by atoms with Gasteiger partial charge < -0.3 is 35.0 Å². The molecule has 3 N–H and O–H groups in total. The first-order chi connectivity index (χ1) is 13.0. The van der Waals surface area contributed by atoms with Crippen LogP contribution in [0.1, 0.15) is 33.8 Å². The molecule has 0 saturated carbocycles. The van der Waals surface area contributed by atoms with Crippen LogP contribution in [-0.4, -0.2) is 17.7 Å². The van der Waals surface area contributed by atoms with E-state index < -0.39 is 6.04 Å². The fourth-order valence-electron chi connectivity index (χ4n) is 3.36. The molecule has 0 bridgehead atoms. The Hall–Kier alpha value is -2.26. The summed E-state index contributed by atoms with van der Waals surface area (Å²) in [6.45, 7) is 0. The van der Waals surface area contributed by atoms with Crippen molar-refractivity contribution in [1.82, 2.24) is 5.32 Å². The Kier molecular flexibility index (Phi) is 6.14. The number of hydrogen-bond acceptors (Lipinski definition) is 4. The Morgan fingerprint density at radius 1 is 1.21 bits per heavy atom.